The summed E-state index contributed by atoms with van der Waals surface area (Å²) in [5.74, 6) is -0.0447. The molecule has 2 N–H and O–H groups in total. The third kappa shape index (κ3) is 3.01. The highest BCUT2D eigenvalue weighted by Gasteiger charge is 2.38. The van der Waals surface area contributed by atoms with Gasteiger partial charge in [0.2, 0.25) is 0 Å². The van der Waals surface area contributed by atoms with Crippen LogP contribution in [0.25, 0.3) is 0 Å². The number of H-pyrrole nitrogens is 1. The normalized spacial score (nSPS) is 20.0. The number of aromatic amines is 1. The molecule has 1 amide bonds. The quantitative estimate of drug-likeness (QED) is 0.846. The molecule has 0 radical (unpaired) electrons. The highest BCUT2D eigenvalue weighted by atomic mass is 16.3. The number of carbonyl (C=O) groups is 1. The molecule has 0 bridgehead atoms. The molecule has 0 aromatic carbocycles. The van der Waals surface area contributed by atoms with Crippen molar-refractivity contribution in [1.82, 2.24) is 25.0 Å². The summed E-state index contributed by atoms with van der Waals surface area (Å²) in [6.07, 6.45) is 3.64. The average molecular weight is 355 g/mol. The number of pyridine rings is 1. The Bertz CT molecular complexity index is 806. The SMILES string of the molecule is Cc1ccc(C2(O)CCN(C(=O)c3n[nH]c4c3CN(C)CC4)CC2)nc1. The van der Waals surface area contributed by atoms with Gasteiger partial charge in [-0.3, -0.25) is 14.9 Å². The molecule has 0 unspecified atom stereocenters. The lowest BCUT2D eigenvalue weighted by molar-refractivity contribution is -0.0245. The molecule has 138 valence electrons. The Morgan fingerprint density at radius 3 is 2.73 bits per heavy atom. The number of hydrogen-bond acceptors (Lipinski definition) is 5. The molecule has 7 heteroatoms. The lowest BCUT2D eigenvalue weighted by atomic mass is 9.87. The van der Waals surface area contributed by atoms with Gasteiger partial charge in [-0.15, -0.1) is 0 Å². The zero-order valence-electron chi connectivity index (χ0n) is 15.3. The van der Waals surface area contributed by atoms with E-state index in [1.807, 2.05) is 19.1 Å². The summed E-state index contributed by atoms with van der Waals surface area (Å²) in [5.41, 5.74) is 3.42. The third-order valence-corrected chi connectivity index (χ3v) is 5.59. The molecule has 7 nitrogen and oxygen atoms in total. The number of aryl methyl sites for hydroxylation is 1. The second-order valence-corrected chi connectivity index (χ2v) is 7.56. The number of rotatable bonds is 2. The van der Waals surface area contributed by atoms with E-state index in [-0.39, 0.29) is 5.91 Å². The van der Waals surface area contributed by atoms with Crippen molar-refractivity contribution in [2.45, 2.75) is 38.3 Å². The largest absolute Gasteiger partial charge is 0.383 e. The fraction of sp³-hybridized carbons (Fsp3) is 0.526. The molecular formula is C19H25N5O2. The fourth-order valence-electron chi connectivity index (χ4n) is 3.84. The summed E-state index contributed by atoms with van der Waals surface area (Å²) in [7, 11) is 2.06. The van der Waals surface area contributed by atoms with E-state index >= 15 is 0 Å². The van der Waals surface area contributed by atoms with Crippen LogP contribution in [0.1, 0.15) is 45.8 Å². The zero-order chi connectivity index (χ0) is 18.3. The van der Waals surface area contributed by atoms with Crippen LogP contribution in [0.2, 0.25) is 0 Å². The van der Waals surface area contributed by atoms with Gasteiger partial charge in [0.1, 0.15) is 5.60 Å². The van der Waals surface area contributed by atoms with Crippen molar-refractivity contribution in [3.8, 4) is 0 Å². The summed E-state index contributed by atoms with van der Waals surface area (Å²) in [6.45, 7) is 4.70. The highest BCUT2D eigenvalue weighted by molar-refractivity contribution is 5.94. The monoisotopic (exact) mass is 355 g/mol. The molecule has 0 aliphatic carbocycles. The van der Waals surface area contributed by atoms with Crippen LogP contribution in [-0.4, -0.2) is 62.7 Å². The lowest BCUT2D eigenvalue weighted by Crippen LogP contribution is -2.46. The summed E-state index contributed by atoms with van der Waals surface area (Å²) < 4.78 is 0. The maximum Gasteiger partial charge on any atom is 0.274 e. The first-order chi connectivity index (χ1) is 12.5. The molecule has 2 aromatic rings. The first kappa shape index (κ1) is 17.2. The maximum absolute atomic E-state index is 13.0. The Labute approximate surface area is 153 Å². The number of aliphatic hydroxyl groups is 1. The van der Waals surface area contributed by atoms with Crippen molar-refractivity contribution in [3.05, 3.63) is 46.5 Å². The van der Waals surface area contributed by atoms with Gasteiger partial charge in [-0.05, 0) is 38.4 Å². The van der Waals surface area contributed by atoms with Gasteiger partial charge < -0.3 is 14.9 Å². The average Bonchev–Trinajstić information content (AvgIpc) is 3.05. The molecule has 2 aliphatic rings. The van der Waals surface area contributed by atoms with E-state index in [9.17, 15) is 9.90 Å². The Hall–Kier alpha value is -2.25. The minimum Gasteiger partial charge on any atom is -0.383 e. The van der Waals surface area contributed by atoms with Crippen molar-refractivity contribution in [3.63, 3.8) is 0 Å². The van der Waals surface area contributed by atoms with Gasteiger partial charge >= 0.3 is 0 Å². The van der Waals surface area contributed by atoms with Gasteiger partial charge in [-0.2, -0.15) is 5.10 Å². The number of aromatic nitrogens is 3. The van der Waals surface area contributed by atoms with E-state index in [1.165, 1.54) is 0 Å². The molecule has 4 heterocycles. The van der Waals surface area contributed by atoms with Crippen LogP contribution in [0.4, 0.5) is 0 Å². The number of fused-ring (bicyclic) bond motifs is 1. The maximum atomic E-state index is 13.0. The van der Waals surface area contributed by atoms with Crippen molar-refractivity contribution >= 4 is 5.91 Å². The molecule has 0 atom stereocenters. The molecular weight excluding hydrogens is 330 g/mol. The van der Waals surface area contributed by atoms with Crippen molar-refractivity contribution < 1.29 is 9.90 Å². The minimum absolute atomic E-state index is 0.0447. The number of piperidine rings is 1. The van der Waals surface area contributed by atoms with Gasteiger partial charge in [0, 0.05) is 50.1 Å². The van der Waals surface area contributed by atoms with Gasteiger partial charge in [0.25, 0.3) is 5.91 Å². The molecule has 1 fully saturated rings. The number of likely N-dealkylation sites (N-methyl/N-ethyl adjacent to an activating group) is 1. The Morgan fingerprint density at radius 1 is 1.27 bits per heavy atom. The number of amides is 1. The second-order valence-electron chi connectivity index (χ2n) is 7.56. The van der Waals surface area contributed by atoms with E-state index in [0.717, 1.165) is 36.3 Å². The number of nitrogens with one attached hydrogen (secondary N) is 1. The Kier molecular flexibility index (Phi) is 4.28. The summed E-state index contributed by atoms with van der Waals surface area (Å²) in [6, 6.07) is 3.84. The molecule has 2 aliphatic heterocycles. The highest BCUT2D eigenvalue weighted by Crippen LogP contribution is 2.32. The number of carbonyl (C=O) groups excluding carboxylic acids is 1. The van der Waals surface area contributed by atoms with Crippen LogP contribution in [0.15, 0.2) is 18.3 Å². The van der Waals surface area contributed by atoms with Crippen LogP contribution < -0.4 is 0 Å². The number of hydrogen-bond donors (Lipinski definition) is 2. The standard InChI is InChI=1S/C19H25N5O2/c1-13-3-4-16(20-11-13)19(26)6-9-24(10-7-19)18(25)17-14-12-23(2)8-5-15(14)21-22-17/h3-4,11,26H,5-10,12H2,1-2H3,(H,21,22). The topological polar surface area (TPSA) is 85.3 Å². The molecule has 0 saturated carbocycles. The van der Waals surface area contributed by atoms with E-state index in [4.69, 9.17) is 0 Å². The molecule has 2 aromatic heterocycles. The Morgan fingerprint density at radius 2 is 2.04 bits per heavy atom. The minimum atomic E-state index is -0.963. The van der Waals surface area contributed by atoms with E-state index in [1.54, 1.807) is 11.1 Å². The predicted molar refractivity (Wildman–Crippen MR) is 96.6 cm³/mol. The molecule has 0 spiro atoms. The molecule has 26 heavy (non-hydrogen) atoms. The van der Waals surface area contributed by atoms with Crippen LogP contribution in [0, 0.1) is 6.92 Å². The molecule has 1 saturated heterocycles. The van der Waals surface area contributed by atoms with Gasteiger partial charge in [-0.1, -0.05) is 6.07 Å². The first-order valence-electron chi connectivity index (χ1n) is 9.16. The van der Waals surface area contributed by atoms with Gasteiger partial charge in [0.15, 0.2) is 5.69 Å². The second kappa shape index (κ2) is 6.48. The first-order valence-corrected chi connectivity index (χ1v) is 9.16. The van der Waals surface area contributed by atoms with Crippen molar-refractivity contribution in [1.29, 1.82) is 0 Å². The zero-order valence-corrected chi connectivity index (χ0v) is 15.3. The van der Waals surface area contributed by atoms with Gasteiger partial charge in [0.05, 0.1) is 5.69 Å². The summed E-state index contributed by atoms with van der Waals surface area (Å²) >= 11 is 0. The van der Waals surface area contributed by atoms with Crippen molar-refractivity contribution in [2.75, 3.05) is 26.7 Å². The van der Waals surface area contributed by atoms with Crippen LogP contribution in [-0.2, 0) is 18.6 Å². The van der Waals surface area contributed by atoms with Crippen LogP contribution >= 0.6 is 0 Å². The molecule has 4 rings (SSSR count). The van der Waals surface area contributed by atoms with Crippen molar-refractivity contribution in [2.24, 2.45) is 0 Å². The third-order valence-electron chi connectivity index (χ3n) is 5.59. The van der Waals surface area contributed by atoms with Gasteiger partial charge in [-0.25, -0.2) is 0 Å². The summed E-state index contributed by atoms with van der Waals surface area (Å²) in [4.78, 5) is 21.3. The van der Waals surface area contributed by atoms with Crippen LogP contribution in [0.3, 0.4) is 0 Å². The fourth-order valence-corrected chi connectivity index (χ4v) is 3.84. The predicted octanol–water partition coefficient (Wildman–Crippen LogP) is 1.22. The van der Waals surface area contributed by atoms with E-state index in [2.05, 4.69) is 27.1 Å². The van der Waals surface area contributed by atoms with Crippen LogP contribution in [0.5, 0.6) is 0 Å². The lowest BCUT2D eigenvalue weighted by Gasteiger charge is -2.37. The number of likely N-dealkylation sites (tertiary alicyclic amines) is 1. The summed E-state index contributed by atoms with van der Waals surface area (Å²) in [5, 5.41) is 18.3. The van der Waals surface area contributed by atoms with E-state index in [0.29, 0.717) is 37.3 Å². The Balaban J connectivity index is 1.47. The smallest absolute Gasteiger partial charge is 0.274 e. The number of nitrogens with zero attached hydrogens (tertiary/aromatic N) is 4. The van der Waals surface area contributed by atoms with E-state index < -0.39 is 5.60 Å².